The number of anilines is 1. The third-order valence-corrected chi connectivity index (χ3v) is 4.98. The van der Waals surface area contributed by atoms with Gasteiger partial charge in [-0.15, -0.1) is 5.10 Å². The third-order valence-electron chi connectivity index (χ3n) is 4.98. The summed E-state index contributed by atoms with van der Waals surface area (Å²) in [7, 11) is 1.75. The first kappa shape index (κ1) is 21.2. The van der Waals surface area contributed by atoms with Gasteiger partial charge in [-0.3, -0.25) is 9.08 Å². The van der Waals surface area contributed by atoms with E-state index < -0.39 is 18.8 Å². The molecule has 3 heterocycles. The van der Waals surface area contributed by atoms with E-state index in [-0.39, 0.29) is 5.88 Å². The van der Waals surface area contributed by atoms with Crippen molar-refractivity contribution in [3.8, 4) is 28.3 Å². The van der Waals surface area contributed by atoms with Crippen LogP contribution >= 0.6 is 0 Å². The Bertz CT molecular complexity index is 1310. The van der Waals surface area contributed by atoms with Crippen molar-refractivity contribution in [2.75, 3.05) is 11.9 Å². The fourth-order valence-electron chi connectivity index (χ4n) is 3.39. The van der Waals surface area contributed by atoms with Gasteiger partial charge < -0.3 is 15.7 Å². The van der Waals surface area contributed by atoms with E-state index in [0.29, 0.717) is 22.5 Å². The van der Waals surface area contributed by atoms with Gasteiger partial charge in [0, 0.05) is 30.2 Å². The minimum atomic E-state index is -4.49. The zero-order valence-corrected chi connectivity index (χ0v) is 17.1. The van der Waals surface area contributed by atoms with E-state index in [4.69, 9.17) is 0 Å². The van der Waals surface area contributed by atoms with Crippen LogP contribution in [0.25, 0.3) is 28.0 Å². The van der Waals surface area contributed by atoms with Crippen LogP contribution in [0.15, 0.2) is 48.8 Å². The normalized spacial score (nSPS) is 11.7. The first-order chi connectivity index (χ1) is 15.1. The van der Waals surface area contributed by atoms with Gasteiger partial charge in [0.2, 0.25) is 5.88 Å². The molecule has 4 rings (SSSR count). The van der Waals surface area contributed by atoms with E-state index >= 15 is 0 Å². The van der Waals surface area contributed by atoms with Gasteiger partial charge in [-0.2, -0.15) is 13.2 Å². The molecule has 0 saturated heterocycles. The molecule has 4 aromatic rings. The fourth-order valence-corrected chi connectivity index (χ4v) is 3.39. The summed E-state index contributed by atoms with van der Waals surface area (Å²) in [6.45, 7) is 0.437. The maximum atomic E-state index is 12.3. The Morgan fingerprint density at radius 1 is 1.19 bits per heavy atom. The molecule has 166 valence electrons. The molecule has 3 N–H and O–H groups in total. The van der Waals surface area contributed by atoms with Gasteiger partial charge in [-0.05, 0) is 36.8 Å². The number of alkyl halides is 3. The van der Waals surface area contributed by atoms with Crippen LogP contribution in [-0.2, 0) is 7.05 Å². The second-order valence-corrected chi connectivity index (χ2v) is 7.20. The van der Waals surface area contributed by atoms with Gasteiger partial charge in [0.05, 0.1) is 17.5 Å². The van der Waals surface area contributed by atoms with Crippen LogP contribution in [0.5, 0.6) is 5.88 Å². The summed E-state index contributed by atoms with van der Waals surface area (Å²) >= 11 is 0. The number of hydrogen-bond donors (Lipinski definition) is 3. The molecule has 0 unspecified atom stereocenters. The largest absolute Gasteiger partial charge is 0.492 e. The van der Waals surface area contributed by atoms with E-state index in [1.807, 2.05) is 23.5 Å². The van der Waals surface area contributed by atoms with E-state index in [9.17, 15) is 23.1 Å². The highest BCUT2D eigenvalue weighted by atomic mass is 19.4. The van der Waals surface area contributed by atoms with Crippen LogP contribution in [0.1, 0.15) is 5.69 Å². The number of amides is 2. The van der Waals surface area contributed by atoms with Crippen LogP contribution in [0.3, 0.4) is 0 Å². The van der Waals surface area contributed by atoms with E-state index in [1.165, 1.54) is 0 Å². The SMILES string of the molecule is Cc1c(-c2ccn3c(-c4cccc(NC(=O)NCC(F)(F)F)c4)cnc3c2)c(O)nn1C. The maximum absolute atomic E-state index is 12.3. The number of pyridine rings is 1. The molecule has 1 aromatic carbocycles. The monoisotopic (exact) mass is 444 g/mol. The van der Waals surface area contributed by atoms with E-state index in [0.717, 1.165) is 17.0 Å². The quantitative estimate of drug-likeness (QED) is 0.442. The number of carbonyl (C=O) groups is 1. The van der Waals surface area contributed by atoms with Crippen LogP contribution in [0.2, 0.25) is 0 Å². The number of aromatic nitrogens is 4. The Morgan fingerprint density at radius 3 is 2.66 bits per heavy atom. The average Bonchev–Trinajstić information content (AvgIpc) is 3.26. The number of carbonyl (C=O) groups excluding carboxylic acids is 1. The maximum Gasteiger partial charge on any atom is 0.405 e. The van der Waals surface area contributed by atoms with Crippen LogP contribution in [0.4, 0.5) is 23.7 Å². The van der Waals surface area contributed by atoms with Gasteiger partial charge in [0.15, 0.2) is 0 Å². The smallest absolute Gasteiger partial charge is 0.405 e. The van der Waals surface area contributed by atoms with E-state index in [2.05, 4.69) is 15.4 Å². The summed E-state index contributed by atoms with van der Waals surface area (Å²) in [4.78, 5) is 16.2. The number of imidazole rings is 1. The molecule has 0 fully saturated rings. The molecule has 0 aliphatic rings. The molecule has 0 aliphatic heterocycles. The lowest BCUT2D eigenvalue weighted by atomic mass is 10.1. The molecule has 0 atom stereocenters. The lowest BCUT2D eigenvalue weighted by Gasteiger charge is -2.11. The molecule has 3 aromatic heterocycles. The summed E-state index contributed by atoms with van der Waals surface area (Å²) in [6, 6.07) is 9.39. The molecular formula is C21H19F3N6O2. The fraction of sp³-hybridized carbons (Fsp3) is 0.190. The van der Waals surface area contributed by atoms with Crippen LogP contribution < -0.4 is 10.6 Å². The molecular weight excluding hydrogens is 425 g/mol. The average molecular weight is 444 g/mol. The van der Waals surface area contributed by atoms with Crippen molar-refractivity contribution in [1.82, 2.24) is 24.5 Å². The number of hydrogen-bond acceptors (Lipinski definition) is 4. The molecule has 32 heavy (non-hydrogen) atoms. The lowest BCUT2D eigenvalue weighted by molar-refractivity contribution is -0.122. The van der Waals surface area contributed by atoms with Crippen LogP contribution in [-0.4, -0.2) is 43.0 Å². The molecule has 2 amide bonds. The lowest BCUT2D eigenvalue weighted by Crippen LogP contribution is -2.36. The molecule has 0 aliphatic carbocycles. The second-order valence-electron chi connectivity index (χ2n) is 7.20. The number of urea groups is 1. The highest BCUT2D eigenvalue weighted by Gasteiger charge is 2.27. The van der Waals surface area contributed by atoms with Gasteiger partial charge in [0.1, 0.15) is 12.2 Å². The second kappa shape index (κ2) is 7.91. The Morgan fingerprint density at radius 2 is 1.97 bits per heavy atom. The zero-order chi connectivity index (χ0) is 23.0. The Hall–Kier alpha value is -4.02. The van der Waals surface area contributed by atoms with E-state index in [1.54, 1.807) is 53.7 Å². The Balaban J connectivity index is 1.60. The number of nitrogens with one attached hydrogen (secondary N) is 2. The molecule has 0 radical (unpaired) electrons. The first-order valence-corrected chi connectivity index (χ1v) is 9.54. The summed E-state index contributed by atoms with van der Waals surface area (Å²) < 4.78 is 40.2. The third kappa shape index (κ3) is 4.22. The molecule has 0 saturated carbocycles. The van der Waals surface area contributed by atoms with Crippen molar-refractivity contribution in [3.05, 3.63) is 54.5 Å². The highest BCUT2D eigenvalue weighted by Crippen LogP contribution is 2.33. The van der Waals surface area contributed by atoms with Gasteiger partial charge in [-0.25, -0.2) is 9.78 Å². The summed E-state index contributed by atoms with van der Waals surface area (Å²) in [6.07, 6.45) is -1.04. The van der Waals surface area contributed by atoms with Gasteiger partial charge in [0.25, 0.3) is 0 Å². The number of nitrogens with zero attached hydrogens (tertiary/aromatic N) is 4. The molecule has 0 bridgehead atoms. The van der Waals surface area contributed by atoms with Crippen molar-refractivity contribution in [1.29, 1.82) is 0 Å². The van der Waals surface area contributed by atoms with Crippen molar-refractivity contribution >= 4 is 17.4 Å². The predicted octanol–water partition coefficient (Wildman–Crippen LogP) is 4.10. The number of halogens is 3. The number of fused-ring (bicyclic) bond motifs is 1. The number of rotatable bonds is 4. The molecule has 0 spiro atoms. The summed E-state index contributed by atoms with van der Waals surface area (Å²) in [5.41, 5.74) is 4.58. The van der Waals surface area contributed by atoms with Crippen LogP contribution in [0, 0.1) is 6.92 Å². The van der Waals surface area contributed by atoms with Crippen molar-refractivity contribution < 1.29 is 23.1 Å². The Labute approximate surface area is 180 Å². The summed E-state index contributed by atoms with van der Waals surface area (Å²) in [5.74, 6) is -0.0660. The number of benzene rings is 1. The summed E-state index contributed by atoms with van der Waals surface area (Å²) in [5, 5.41) is 18.3. The number of aryl methyl sites for hydroxylation is 1. The topological polar surface area (TPSA) is 96.5 Å². The predicted molar refractivity (Wildman–Crippen MR) is 112 cm³/mol. The number of aromatic hydroxyl groups is 1. The zero-order valence-electron chi connectivity index (χ0n) is 17.1. The minimum Gasteiger partial charge on any atom is -0.492 e. The van der Waals surface area contributed by atoms with Crippen molar-refractivity contribution in [3.63, 3.8) is 0 Å². The van der Waals surface area contributed by atoms with Crippen molar-refractivity contribution in [2.45, 2.75) is 13.1 Å². The van der Waals surface area contributed by atoms with Crippen molar-refractivity contribution in [2.24, 2.45) is 7.05 Å². The van der Waals surface area contributed by atoms with Gasteiger partial charge in [-0.1, -0.05) is 12.1 Å². The van der Waals surface area contributed by atoms with Gasteiger partial charge >= 0.3 is 12.2 Å². The minimum absolute atomic E-state index is 0.0660. The Kier molecular flexibility index (Phi) is 5.25. The first-order valence-electron chi connectivity index (χ1n) is 9.54. The standard InChI is InChI=1S/C21H19F3N6O2/c1-12-18(19(31)28-29(12)2)14-6-7-30-16(10-25-17(30)9-14)13-4-3-5-15(8-13)27-20(32)26-11-21(22,23)24/h3-10H,11H2,1-2H3,(H,28,31)(H2,26,27,32). The molecule has 8 nitrogen and oxygen atoms in total. The highest BCUT2D eigenvalue weighted by molar-refractivity contribution is 5.90. The molecule has 11 heteroatoms.